The van der Waals surface area contributed by atoms with Crippen molar-refractivity contribution in [3.8, 4) is 16.9 Å². The van der Waals surface area contributed by atoms with Crippen LogP contribution in [0, 0.1) is 5.82 Å². The van der Waals surface area contributed by atoms with Crippen LogP contribution in [0.1, 0.15) is 25.4 Å². The van der Waals surface area contributed by atoms with Gasteiger partial charge < -0.3 is 10.5 Å². The molecule has 30 heavy (non-hydrogen) atoms. The number of rotatable bonds is 5. The highest BCUT2D eigenvalue weighted by Gasteiger charge is 2.22. The van der Waals surface area contributed by atoms with Gasteiger partial charge in [-0.3, -0.25) is 4.98 Å². The molecule has 0 fully saturated rings. The highest BCUT2D eigenvalue weighted by Crippen LogP contribution is 2.39. The molecule has 2 N–H and O–H groups in total. The summed E-state index contributed by atoms with van der Waals surface area (Å²) in [5.41, 5.74) is 6.70. The summed E-state index contributed by atoms with van der Waals surface area (Å²) in [5.74, 6) is -0.620. The molecule has 0 amide bonds. The summed E-state index contributed by atoms with van der Waals surface area (Å²) in [6, 6.07) is 2.65. The van der Waals surface area contributed by atoms with Crippen molar-refractivity contribution in [2.75, 3.05) is 5.73 Å². The van der Waals surface area contributed by atoms with E-state index in [-0.39, 0.29) is 33.9 Å². The zero-order chi connectivity index (χ0) is 21.4. The van der Waals surface area contributed by atoms with Crippen molar-refractivity contribution < 1.29 is 17.9 Å². The van der Waals surface area contributed by atoms with Gasteiger partial charge in [0.1, 0.15) is 30.0 Å². The molecular formula is C18H13ClF3N7O. The fourth-order valence-corrected chi connectivity index (χ4v) is 3.11. The molecular weight excluding hydrogens is 423 g/mol. The largest absolute Gasteiger partial charge is 0.482 e. The molecule has 0 aliphatic heterocycles. The fourth-order valence-electron chi connectivity index (χ4n) is 2.93. The first-order chi connectivity index (χ1) is 14.3. The summed E-state index contributed by atoms with van der Waals surface area (Å²) in [7, 11) is 0. The molecule has 4 rings (SSSR count). The monoisotopic (exact) mass is 435 g/mol. The number of anilines is 1. The second kappa shape index (κ2) is 7.75. The van der Waals surface area contributed by atoms with Crippen molar-refractivity contribution in [1.82, 2.24) is 29.7 Å². The molecule has 3 aromatic heterocycles. The van der Waals surface area contributed by atoms with Gasteiger partial charge in [0.25, 0.3) is 0 Å². The first kappa shape index (κ1) is 19.8. The minimum absolute atomic E-state index is 0.0117. The number of nitrogens with zero attached hydrogens (tertiary/aromatic N) is 6. The number of nitrogen functional groups attached to an aromatic ring is 1. The van der Waals surface area contributed by atoms with Crippen molar-refractivity contribution in [2.45, 2.75) is 19.6 Å². The highest BCUT2D eigenvalue weighted by atomic mass is 35.5. The smallest absolute Gasteiger partial charge is 0.334 e. The SMILES string of the molecule is C[C@H](Oc1cc(F)c(-c2cncc(Cl)c2)c2ncnc(N)c12)c1ncn(C(F)F)n1. The van der Waals surface area contributed by atoms with Gasteiger partial charge in [-0.25, -0.2) is 19.3 Å². The minimum Gasteiger partial charge on any atom is -0.482 e. The van der Waals surface area contributed by atoms with E-state index in [1.165, 1.54) is 31.7 Å². The first-order valence-electron chi connectivity index (χ1n) is 8.54. The molecule has 0 unspecified atom stereocenters. The maximum absolute atomic E-state index is 15.1. The molecule has 0 radical (unpaired) electrons. The van der Waals surface area contributed by atoms with Crippen LogP contribution in [0.2, 0.25) is 5.02 Å². The lowest BCUT2D eigenvalue weighted by molar-refractivity contribution is 0.0550. The molecule has 1 atom stereocenters. The number of ether oxygens (including phenoxy) is 1. The molecule has 8 nitrogen and oxygen atoms in total. The maximum Gasteiger partial charge on any atom is 0.334 e. The first-order valence-corrected chi connectivity index (χ1v) is 8.92. The van der Waals surface area contributed by atoms with E-state index in [2.05, 4.69) is 25.0 Å². The quantitative estimate of drug-likeness (QED) is 0.501. The Balaban J connectivity index is 1.82. The van der Waals surface area contributed by atoms with Crippen molar-refractivity contribution in [2.24, 2.45) is 0 Å². The van der Waals surface area contributed by atoms with E-state index in [1.54, 1.807) is 0 Å². The van der Waals surface area contributed by atoms with Crippen molar-refractivity contribution in [3.05, 3.63) is 53.8 Å². The number of halogens is 4. The zero-order valence-electron chi connectivity index (χ0n) is 15.3. The number of hydrogen-bond donors (Lipinski definition) is 1. The van der Waals surface area contributed by atoms with Crippen molar-refractivity contribution in [3.63, 3.8) is 0 Å². The van der Waals surface area contributed by atoms with Crippen LogP contribution in [0.25, 0.3) is 22.0 Å². The van der Waals surface area contributed by atoms with Crippen LogP contribution in [0.15, 0.2) is 37.2 Å². The Labute approximate surface area is 172 Å². The van der Waals surface area contributed by atoms with Gasteiger partial charge in [-0.1, -0.05) is 11.6 Å². The third kappa shape index (κ3) is 3.59. The maximum atomic E-state index is 15.1. The predicted molar refractivity (Wildman–Crippen MR) is 102 cm³/mol. The molecule has 0 aliphatic rings. The number of aromatic nitrogens is 6. The van der Waals surface area contributed by atoms with Crippen LogP contribution in [0.3, 0.4) is 0 Å². The number of fused-ring (bicyclic) bond motifs is 1. The highest BCUT2D eigenvalue weighted by molar-refractivity contribution is 6.30. The third-order valence-corrected chi connectivity index (χ3v) is 4.45. The normalized spacial score (nSPS) is 12.5. The Morgan fingerprint density at radius 2 is 1.97 bits per heavy atom. The molecule has 0 bridgehead atoms. The topological polar surface area (TPSA) is 105 Å². The summed E-state index contributed by atoms with van der Waals surface area (Å²) >= 11 is 5.99. The summed E-state index contributed by atoms with van der Waals surface area (Å²) in [4.78, 5) is 15.9. The van der Waals surface area contributed by atoms with E-state index in [1.807, 2.05) is 0 Å². The number of nitrogens with two attached hydrogens (primary N) is 1. The van der Waals surface area contributed by atoms with E-state index in [0.29, 0.717) is 15.3 Å². The van der Waals surface area contributed by atoms with Crippen LogP contribution in [-0.4, -0.2) is 29.7 Å². The third-order valence-electron chi connectivity index (χ3n) is 4.24. The average Bonchev–Trinajstić information content (AvgIpc) is 3.18. The van der Waals surface area contributed by atoms with Crippen LogP contribution < -0.4 is 10.5 Å². The van der Waals surface area contributed by atoms with Gasteiger partial charge >= 0.3 is 6.55 Å². The second-order valence-corrected chi connectivity index (χ2v) is 6.66. The van der Waals surface area contributed by atoms with Crippen LogP contribution in [-0.2, 0) is 0 Å². The molecule has 0 aliphatic carbocycles. The molecule has 4 aromatic rings. The van der Waals surface area contributed by atoms with Gasteiger partial charge in [-0.2, -0.15) is 13.5 Å². The van der Waals surface area contributed by atoms with E-state index < -0.39 is 18.5 Å². The number of benzene rings is 1. The Bertz CT molecular complexity index is 1230. The Kier molecular flexibility index (Phi) is 5.12. The van der Waals surface area contributed by atoms with Crippen LogP contribution >= 0.6 is 11.6 Å². The molecule has 0 saturated heterocycles. The second-order valence-electron chi connectivity index (χ2n) is 6.23. The average molecular weight is 436 g/mol. The molecule has 1 aromatic carbocycles. The van der Waals surface area contributed by atoms with Crippen LogP contribution in [0.5, 0.6) is 5.75 Å². The molecule has 0 spiro atoms. The molecule has 12 heteroatoms. The van der Waals surface area contributed by atoms with Gasteiger partial charge in [0, 0.05) is 29.6 Å². The van der Waals surface area contributed by atoms with Crippen molar-refractivity contribution in [1.29, 1.82) is 0 Å². The molecule has 0 saturated carbocycles. The Hall–Kier alpha value is -3.47. The zero-order valence-corrected chi connectivity index (χ0v) is 16.1. The van der Waals surface area contributed by atoms with E-state index in [0.717, 1.165) is 12.4 Å². The van der Waals surface area contributed by atoms with E-state index in [9.17, 15) is 8.78 Å². The number of alkyl halides is 2. The summed E-state index contributed by atoms with van der Waals surface area (Å²) in [5, 5.41) is 4.22. The van der Waals surface area contributed by atoms with Gasteiger partial charge in [0.15, 0.2) is 11.9 Å². The lowest BCUT2D eigenvalue weighted by atomic mass is 10.0. The molecule has 3 heterocycles. The van der Waals surface area contributed by atoms with E-state index >= 15 is 4.39 Å². The van der Waals surface area contributed by atoms with E-state index in [4.69, 9.17) is 22.1 Å². The molecule has 154 valence electrons. The lowest BCUT2D eigenvalue weighted by Gasteiger charge is -2.17. The van der Waals surface area contributed by atoms with Gasteiger partial charge in [-0.05, 0) is 13.0 Å². The summed E-state index contributed by atoms with van der Waals surface area (Å²) in [6.07, 6.45) is 4.04. The Morgan fingerprint density at radius 3 is 2.67 bits per heavy atom. The Morgan fingerprint density at radius 1 is 1.17 bits per heavy atom. The number of pyridine rings is 1. The summed E-state index contributed by atoms with van der Waals surface area (Å²) in [6.45, 7) is -1.31. The predicted octanol–water partition coefficient (Wildman–Crippen LogP) is 4.19. The minimum atomic E-state index is -2.84. The fraction of sp³-hybridized carbons (Fsp3) is 0.167. The standard InChI is InChI=1S/C18H13ClF3N7O/c1-8(17-27-7-29(28-17)18(21)22)30-12-3-11(20)13(9-2-10(19)5-24-4-9)15-14(12)16(23)26-6-25-15/h2-8,18H,1H3,(H2,23,25,26)/t8-/m0/s1. The van der Waals surface area contributed by atoms with Gasteiger partial charge in [-0.15, -0.1) is 5.10 Å². The summed E-state index contributed by atoms with van der Waals surface area (Å²) < 4.78 is 46.7. The van der Waals surface area contributed by atoms with Crippen molar-refractivity contribution >= 4 is 28.3 Å². The van der Waals surface area contributed by atoms with Gasteiger partial charge in [0.2, 0.25) is 0 Å². The van der Waals surface area contributed by atoms with Crippen LogP contribution in [0.4, 0.5) is 19.0 Å². The number of hydrogen-bond acceptors (Lipinski definition) is 7. The van der Waals surface area contributed by atoms with Gasteiger partial charge in [0.05, 0.1) is 15.9 Å². The lowest BCUT2D eigenvalue weighted by Crippen LogP contribution is -2.09.